The first-order valence-electron chi connectivity index (χ1n) is 9.39. The van der Waals surface area contributed by atoms with Gasteiger partial charge in [-0.05, 0) is 68.6 Å². The molecule has 0 saturated heterocycles. The minimum Gasteiger partial charge on any atom is -0.304 e. The number of unbranched alkanes of at least 4 members (excludes halogenated alkanes) is 1. The first-order chi connectivity index (χ1) is 11.6. The average Bonchev–Trinajstić information content (AvgIpc) is 2.57. The fourth-order valence-corrected chi connectivity index (χ4v) is 3.57. The van der Waals surface area contributed by atoms with Gasteiger partial charge in [0.15, 0.2) is 0 Å². The van der Waals surface area contributed by atoms with E-state index >= 15 is 0 Å². The van der Waals surface area contributed by atoms with Gasteiger partial charge in [0, 0.05) is 16.6 Å². The van der Waals surface area contributed by atoms with Crippen molar-refractivity contribution in [3.8, 4) is 0 Å². The molecule has 24 heavy (non-hydrogen) atoms. The Kier molecular flexibility index (Phi) is 8.01. The maximum absolute atomic E-state index is 6.08. The van der Waals surface area contributed by atoms with Crippen LogP contribution in [0.4, 0.5) is 0 Å². The Morgan fingerprint density at radius 1 is 1.12 bits per heavy atom. The van der Waals surface area contributed by atoms with Gasteiger partial charge in [-0.3, -0.25) is 4.98 Å². The third-order valence-corrected chi connectivity index (χ3v) is 5.01. The zero-order valence-electron chi connectivity index (χ0n) is 15.4. The molecule has 0 aliphatic heterocycles. The number of aromatic nitrogens is 1. The van der Waals surface area contributed by atoms with E-state index in [4.69, 9.17) is 11.6 Å². The SMILES string of the molecule is CCCN(CC)CCCCC(C)Cc1ccnc2cc(Cl)ccc12. The van der Waals surface area contributed by atoms with Crippen LogP contribution >= 0.6 is 11.6 Å². The number of hydrogen-bond acceptors (Lipinski definition) is 2. The van der Waals surface area contributed by atoms with Crippen molar-refractivity contribution in [3.63, 3.8) is 0 Å². The van der Waals surface area contributed by atoms with Crippen LogP contribution in [0.1, 0.15) is 52.0 Å². The van der Waals surface area contributed by atoms with Crippen LogP contribution in [0.15, 0.2) is 30.5 Å². The predicted octanol–water partition coefficient (Wildman–Crippen LogP) is 5.97. The summed E-state index contributed by atoms with van der Waals surface area (Å²) in [5, 5.41) is 2.00. The van der Waals surface area contributed by atoms with Gasteiger partial charge in [0.25, 0.3) is 0 Å². The zero-order chi connectivity index (χ0) is 17.4. The number of pyridine rings is 1. The fraction of sp³-hybridized carbons (Fsp3) is 0.571. The molecule has 0 radical (unpaired) electrons. The molecule has 0 aliphatic carbocycles. The number of hydrogen-bond donors (Lipinski definition) is 0. The molecule has 2 aromatic rings. The highest BCUT2D eigenvalue weighted by Crippen LogP contribution is 2.24. The van der Waals surface area contributed by atoms with Crippen LogP contribution in [-0.4, -0.2) is 29.5 Å². The standard InChI is InChI=1S/C21H31ClN2/c1-4-13-24(5-2)14-7-6-8-17(3)15-18-11-12-23-21-16-19(22)9-10-20(18)21/h9-12,16-17H,4-8,13-15H2,1-3H3. The number of nitrogens with zero attached hydrogens (tertiary/aromatic N) is 2. The Labute approximate surface area is 152 Å². The summed E-state index contributed by atoms with van der Waals surface area (Å²) in [7, 11) is 0. The lowest BCUT2D eigenvalue weighted by Crippen LogP contribution is -2.25. The van der Waals surface area contributed by atoms with Gasteiger partial charge < -0.3 is 4.90 Å². The van der Waals surface area contributed by atoms with Gasteiger partial charge in [-0.15, -0.1) is 0 Å². The minimum absolute atomic E-state index is 0.701. The van der Waals surface area contributed by atoms with Gasteiger partial charge in [-0.25, -0.2) is 0 Å². The monoisotopic (exact) mass is 346 g/mol. The Morgan fingerprint density at radius 3 is 2.71 bits per heavy atom. The van der Waals surface area contributed by atoms with E-state index < -0.39 is 0 Å². The second-order valence-electron chi connectivity index (χ2n) is 6.87. The molecule has 132 valence electrons. The van der Waals surface area contributed by atoms with E-state index in [9.17, 15) is 0 Å². The molecule has 3 heteroatoms. The van der Waals surface area contributed by atoms with Crippen molar-refractivity contribution in [3.05, 3.63) is 41.0 Å². The van der Waals surface area contributed by atoms with E-state index in [1.807, 2.05) is 18.3 Å². The van der Waals surface area contributed by atoms with E-state index in [1.54, 1.807) is 0 Å². The third-order valence-electron chi connectivity index (χ3n) is 4.77. The molecule has 1 aromatic heterocycles. The Balaban J connectivity index is 1.83. The highest BCUT2D eigenvalue weighted by Gasteiger charge is 2.08. The van der Waals surface area contributed by atoms with Crippen LogP contribution < -0.4 is 0 Å². The van der Waals surface area contributed by atoms with Crippen LogP contribution in [0.25, 0.3) is 10.9 Å². The first-order valence-corrected chi connectivity index (χ1v) is 9.77. The Hall–Kier alpha value is -1.12. The quantitative estimate of drug-likeness (QED) is 0.493. The van der Waals surface area contributed by atoms with Crippen molar-refractivity contribution in [2.75, 3.05) is 19.6 Å². The minimum atomic E-state index is 0.701. The summed E-state index contributed by atoms with van der Waals surface area (Å²) in [4.78, 5) is 7.00. The highest BCUT2D eigenvalue weighted by molar-refractivity contribution is 6.31. The summed E-state index contributed by atoms with van der Waals surface area (Å²) in [6.45, 7) is 10.5. The summed E-state index contributed by atoms with van der Waals surface area (Å²) in [6, 6.07) is 8.19. The third kappa shape index (κ3) is 5.75. The number of rotatable bonds is 10. The molecule has 0 N–H and O–H groups in total. The molecule has 0 amide bonds. The van der Waals surface area contributed by atoms with Crippen LogP contribution in [0.3, 0.4) is 0 Å². The van der Waals surface area contributed by atoms with Crippen LogP contribution in [-0.2, 0) is 6.42 Å². The molecule has 2 rings (SSSR count). The van der Waals surface area contributed by atoms with E-state index in [0.29, 0.717) is 5.92 Å². The Morgan fingerprint density at radius 2 is 1.96 bits per heavy atom. The van der Waals surface area contributed by atoms with Gasteiger partial charge in [0.05, 0.1) is 5.52 Å². The summed E-state index contributed by atoms with van der Waals surface area (Å²) < 4.78 is 0. The van der Waals surface area contributed by atoms with Gasteiger partial charge >= 0.3 is 0 Å². The van der Waals surface area contributed by atoms with Crippen molar-refractivity contribution >= 4 is 22.5 Å². The van der Waals surface area contributed by atoms with Crippen molar-refractivity contribution in [1.29, 1.82) is 0 Å². The van der Waals surface area contributed by atoms with E-state index in [2.05, 4.69) is 42.8 Å². The predicted molar refractivity (Wildman–Crippen MR) is 106 cm³/mol. The van der Waals surface area contributed by atoms with Gasteiger partial charge in [0.1, 0.15) is 0 Å². The molecule has 0 bridgehead atoms. The van der Waals surface area contributed by atoms with Gasteiger partial charge in [-0.1, -0.05) is 51.3 Å². The summed E-state index contributed by atoms with van der Waals surface area (Å²) in [5.74, 6) is 0.701. The normalized spacial score (nSPS) is 12.9. The van der Waals surface area contributed by atoms with Crippen molar-refractivity contribution < 1.29 is 0 Å². The lowest BCUT2D eigenvalue weighted by atomic mass is 9.94. The molecule has 1 aromatic carbocycles. The molecule has 1 atom stereocenters. The molecule has 1 heterocycles. The largest absolute Gasteiger partial charge is 0.304 e. The number of fused-ring (bicyclic) bond motifs is 1. The van der Waals surface area contributed by atoms with Crippen molar-refractivity contribution in [1.82, 2.24) is 9.88 Å². The van der Waals surface area contributed by atoms with E-state index in [1.165, 1.54) is 56.3 Å². The lowest BCUT2D eigenvalue weighted by Gasteiger charge is -2.20. The van der Waals surface area contributed by atoms with E-state index in [-0.39, 0.29) is 0 Å². The van der Waals surface area contributed by atoms with Crippen molar-refractivity contribution in [2.24, 2.45) is 5.92 Å². The average molecular weight is 347 g/mol. The van der Waals surface area contributed by atoms with Crippen LogP contribution in [0.5, 0.6) is 0 Å². The summed E-state index contributed by atoms with van der Waals surface area (Å²) in [6.07, 6.45) is 8.20. The van der Waals surface area contributed by atoms with Crippen LogP contribution in [0, 0.1) is 5.92 Å². The number of halogens is 1. The molecular weight excluding hydrogens is 316 g/mol. The molecule has 0 spiro atoms. The molecule has 2 nitrogen and oxygen atoms in total. The summed E-state index contributed by atoms with van der Waals surface area (Å²) in [5.41, 5.74) is 2.40. The van der Waals surface area contributed by atoms with E-state index in [0.717, 1.165) is 17.0 Å². The van der Waals surface area contributed by atoms with Gasteiger partial charge in [-0.2, -0.15) is 0 Å². The molecule has 0 saturated carbocycles. The topological polar surface area (TPSA) is 16.1 Å². The molecule has 0 aliphatic rings. The highest BCUT2D eigenvalue weighted by atomic mass is 35.5. The van der Waals surface area contributed by atoms with Crippen LogP contribution in [0.2, 0.25) is 5.02 Å². The second-order valence-corrected chi connectivity index (χ2v) is 7.31. The maximum atomic E-state index is 6.08. The Bertz CT molecular complexity index is 626. The zero-order valence-corrected chi connectivity index (χ0v) is 16.1. The molecule has 1 unspecified atom stereocenters. The molecule has 0 fully saturated rings. The maximum Gasteiger partial charge on any atom is 0.0719 e. The fourth-order valence-electron chi connectivity index (χ4n) is 3.41. The molecular formula is C21H31ClN2. The smallest absolute Gasteiger partial charge is 0.0719 e. The second kappa shape index (κ2) is 10.0. The van der Waals surface area contributed by atoms with Crippen molar-refractivity contribution in [2.45, 2.75) is 52.9 Å². The summed E-state index contributed by atoms with van der Waals surface area (Å²) >= 11 is 6.08. The first kappa shape index (κ1) is 19.2. The lowest BCUT2D eigenvalue weighted by molar-refractivity contribution is 0.278. The van der Waals surface area contributed by atoms with Gasteiger partial charge in [0.2, 0.25) is 0 Å². The number of benzene rings is 1.